The molecular weight excluding hydrogens is 300 g/mol. The molecule has 2 heterocycles. The fourth-order valence-electron chi connectivity index (χ4n) is 1.47. The summed E-state index contributed by atoms with van der Waals surface area (Å²) < 4.78 is 3.66. The zero-order valence-corrected chi connectivity index (χ0v) is 11.2. The predicted octanol–water partition coefficient (Wildman–Crippen LogP) is 0.983. The highest BCUT2D eigenvalue weighted by Crippen LogP contribution is 2.06. The summed E-state index contributed by atoms with van der Waals surface area (Å²) >= 11 is 3.25. The van der Waals surface area contributed by atoms with Crippen molar-refractivity contribution in [2.24, 2.45) is 7.05 Å². The number of aryl methyl sites for hydroxylation is 1. The number of hydrogen-bond acceptors (Lipinski definition) is 3. The largest absolute Gasteiger partial charge is 0.322 e. The molecule has 0 spiro atoms. The number of nitrogens with zero attached hydrogens (tertiary/aromatic N) is 3. The second kappa shape index (κ2) is 5.18. The van der Waals surface area contributed by atoms with Gasteiger partial charge in [-0.2, -0.15) is 5.10 Å². The number of halogens is 1. The van der Waals surface area contributed by atoms with E-state index in [-0.39, 0.29) is 18.0 Å². The third kappa shape index (κ3) is 3.07. The molecule has 0 aromatic carbocycles. The van der Waals surface area contributed by atoms with E-state index < -0.39 is 0 Å². The van der Waals surface area contributed by atoms with Crippen LogP contribution in [0.2, 0.25) is 0 Å². The molecule has 2 aromatic heterocycles. The molecule has 0 saturated carbocycles. The van der Waals surface area contributed by atoms with Gasteiger partial charge in [-0.25, -0.2) is 0 Å². The van der Waals surface area contributed by atoms with E-state index in [0.29, 0.717) is 5.69 Å². The molecule has 0 aliphatic carbocycles. The lowest BCUT2D eigenvalue weighted by atomic mass is 10.4. The van der Waals surface area contributed by atoms with Crippen LogP contribution in [0.4, 0.5) is 5.69 Å². The van der Waals surface area contributed by atoms with Crippen molar-refractivity contribution in [1.82, 2.24) is 14.3 Å². The Morgan fingerprint density at radius 1 is 1.44 bits per heavy atom. The Labute approximate surface area is 111 Å². The van der Waals surface area contributed by atoms with Crippen molar-refractivity contribution >= 4 is 27.5 Å². The normalized spacial score (nSPS) is 10.3. The van der Waals surface area contributed by atoms with Crippen LogP contribution in [0, 0.1) is 0 Å². The van der Waals surface area contributed by atoms with Gasteiger partial charge >= 0.3 is 0 Å². The van der Waals surface area contributed by atoms with Crippen LogP contribution in [-0.2, 0) is 18.4 Å². The number of carbonyl (C=O) groups excluding carboxylic acids is 1. The number of nitrogens with one attached hydrogen (secondary N) is 1. The van der Waals surface area contributed by atoms with E-state index in [9.17, 15) is 9.59 Å². The maximum atomic E-state index is 11.7. The molecule has 0 atom stereocenters. The van der Waals surface area contributed by atoms with Crippen LogP contribution in [-0.4, -0.2) is 20.3 Å². The van der Waals surface area contributed by atoms with Gasteiger partial charge in [0.05, 0.1) is 11.9 Å². The molecule has 0 bridgehead atoms. The van der Waals surface area contributed by atoms with Crippen LogP contribution >= 0.6 is 15.9 Å². The third-order valence-electron chi connectivity index (χ3n) is 2.25. The van der Waals surface area contributed by atoms with Crippen molar-refractivity contribution < 1.29 is 4.79 Å². The molecule has 0 radical (unpaired) electrons. The first-order chi connectivity index (χ1) is 8.54. The highest BCUT2D eigenvalue weighted by Gasteiger charge is 2.06. The molecule has 0 fully saturated rings. The summed E-state index contributed by atoms with van der Waals surface area (Å²) in [4.78, 5) is 23.2. The number of hydrogen-bond donors (Lipinski definition) is 1. The maximum absolute atomic E-state index is 11.7. The smallest absolute Gasteiger partial charge is 0.251 e. The van der Waals surface area contributed by atoms with Crippen molar-refractivity contribution in [3.63, 3.8) is 0 Å². The Bertz CT molecular complexity index is 632. The van der Waals surface area contributed by atoms with E-state index in [4.69, 9.17) is 0 Å². The highest BCUT2D eigenvalue weighted by molar-refractivity contribution is 9.10. The van der Waals surface area contributed by atoms with Crippen LogP contribution in [0.5, 0.6) is 0 Å². The molecule has 2 rings (SSSR count). The molecule has 0 aliphatic rings. The van der Waals surface area contributed by atoms with E-state index in [0.717, 1.165) is 4.47 Å². The summed E-state index contributed by atoms with van der Waals surface area (Å²) in [6.07, 6.45) is 4.80. The maximum Gasteiger partial charge on any atom is 0.251 e. The Morgan fingerprint density at radius 2 is 2.22 bits per heavy atom. The Kier molecular flexibility index (Phi) is 3.61. The zero-order valence-electron chi connectivity index (χ0n) is 9.63. The second-order valence-electron chi connectivity index (χ2n) is 3.76. The average Bonchev–Trinajstić information content (AvgIpc) is 2.69. The molecule has 6 nitrogen and oxygen atoms in total. The molecule has 0 saturated heterocycles. The van der Waals surface area contributed by atoms with Crippen LogP contribution < -0.4 is 10.9 Å². The molecule has 2 aromatic rings. The summed E-state index contributed by atoms with van der Waals surface area (Å²) in [5.41, 5.74) is 0.380. The number of pyridine rings is 1. The van der Waals surface area contributed by atoms with E-state index in [2.05, 4.69) is 26.3 Å². The van der Waals surface area contributed by atoms with Crippen LogP contribution in [0.1, 0.15) is 0 Å². The standard InChI is InChI=1S/C11H11BrN4O2/c1-15-6-9(4-13-15)14-10(17)7-16-5-8(12)2-3-11(16)18/h2-6H,7H2,1H3,(H,14,17). The quantitative estimate of drug-likeness (QED) is 0.919. The van der Waals surface area contributed by atoms with Crippen molar-refractivity contribution in [3.8, 4) is 0 Å². The minimum atomic E-state index is -0.275. The molecule has 7 heteroatoms. The van der Waals surface area contributed by atoms with Crippen molar-refractivity contribution in [2.45, 2.75) is 6.54 Å². The number of aromatic nitrogens is 3. The Morgan fingerprint density at radius 3 is 2.89 bits per heavy atom. The van der Waals surface area contributed by atoms with E-state index in [1.807, 2.05) is 0 Å². The van der Waals surface area contributed by atoms with Gasteiger partial charge in [-0.05, 0) is 22.0 Å². The monoisotopic (exact) mass is 310 g/mol. The summed E-state index contributed by atoms with van der Waals surface area (Å²) in [5.74, 6) is -0.275. The number of anilines is 1. The van der Waals surface area contributed by atoms with Gasteiger partial charge in [-0.1, -0.05) is 0 Å². The van der Waals surface area contributed by atoms with Gasteiger partial charge in [-0.15, -0.1) is 0 Å². The van der Waals surface area contributed by atoms with Crippen molar-refractivity contribution in [3.05, 3.63) is 45.5 Å². The van der Waals surface area contributed by atoms with E-state index in [1.54, 1.807) is 36.4 Å². The van der Waals surface area contributed by atoms with Gasteiger partial charge in [0.15, 0.2) is 0 Å². The molecule has 1 amide bonds. The van der Waals surface area contributed by atoms with Gasteiger partial charge in [-0.3, -0.25) is 14.3 Å². The van der Waals surface area contributed by atoms with Crippen molar-refractivity contribution in [1.29, 1.82) is 0 Å². The van der Waals surface area contributed by atoms with Gasteiger partial charge in [0, 0.05) is 30.0 Å². The van der Waals surface area contributed by atoms with Crippen molar-refractivity contribution in [2.75, 3.05) is 5.32 Å². The first-order valence-corrected chi connectivity index (χ1v) is 5.98. The predicted molar refractivity (Wildman–Crippen MR) is 70.2 cm³/mol. The number of amides is 1. The van der Waals surface area contributed by atoms with Gasteiger partial charge in [0.1, 0.15) is 6.54 Å². The first kappa shape index (κ1) is 12.6. The summed E-state index contributed by atoms with van der Waals surface area (Å²) in [5, 5.41) is 6.59. The molecule has 0 aliphatic heterocycles. The topological polar surface area (TPSA) is 68.9 Å². The highest BCUT2D eigenvalue weighted by atomic mass is 79.9. The fourth-order valence-corrected chi connectivity index (χ4v) is 1.85. The molecule has 0 unspecified atom stereocenters. The molecule has 1 N–H and O–H groups in total. The molecule has 94 valence electrons. The van der Waals surface area contributed by atoms with Gasteiger partial charge < -0.3 is 9.88 Å². The minimum Gasteiger partial charge on any atom is -0.322 e. The zero-order chi connectivity index (χ0) is 13.1. The SMILES string of the molecule is Cn1cc(NC(=O)Cn2cc(Br)ccc2=O)cn1. The first-order valence-electron chi connectivity index (χ1n) is 5.19. The average molecular weight is 311 g/mol. The Balaban J connectivity index is 2.07. The van der Waals surface area contributed by atoms with E-state index >= 15 is 0 Å². The van der Waals surface area contributed by atoms with E-state index in [1.165, 1.54) is 10.6 Å². The lowest BCUT2D eigenvalue weighted by molar-refractivity contribution is -0.116. The van der Waals surface area contributed by atoms with Crippen LogP contribution in [0.15, 0.2) is 40.0 Å². The van der Waals surface area contributed by atoms with Crippen LogP contribution in [0.25, 0.3) is 0 Å². The molecule has 18 heavy (non-hydrogen) atoms. The Hall–Kier alpha value is -1.89. The van der Waals surface area contributed by atoms with Gasteiger partial charge in [0.25, 0.3) is 5.56 Å². The second-order valence-corrected chi connectivity index (χ2v) is 4.68. The lowest BCUT2D eigenvalue weighted by Gasteiger charge is -2.05. The lowest BCUT2D eigenvalue weighted by Crippen LogP contribution is -2.26. The minimum absolute atomic E-state index is 0.0346. The third-order valence-corrected chi connectivity index (χ3v) is 2.72. The number of carbonyl (C=O) groups is 1. The molecular formula is C11H11BrN4O2. The van der Waals surface area contributed by atoms with Crippen LogP contribution in [0.3, 0.4) is 0 Å². The fraction of sp³-hybridized carbons (Fsp3) is 0.182. The summed E-state index contributed by atoms with van der Waals surface area (Å²) in [6.45, 7) is -0.0346. The summed E-state index contributed by atoms with van der Waals surface area (Å²) in [6, 6.07) is 3.04. The van der Waals surface area contributed by atoms with Gasteiger partial charge in [0.2, 0.25) is 5.91 Å². The number of rotatable bonds is 3. The summed E-state index contributed by atoms with van der Waals surface area (Å²) in [7, 11) is 1.76.